The van der Waals surface area contributed by atoms with Gasteiger partial charge in [0.25, 0.3) is 0 Å². The van der Waals surface area contributed by atoms with Crippen LogP contribution in [0.15, 0.2) is 12.1 Å². The lowest BCUT2D eigenvalue weighted by Gasteiger charge is -2.33. The molecule has 1 aliphatic rings. The normalized spacial score (nSPS) is 17.4. The van der Waals surface area contributed by atoms with Crippen LogP contribution in [0.2, 0.25) is 0 Å². The van der Waals surface area contributed by atoms with Crippen LogP contribution in [0, 0.1) is 5.92 Å². The summed E-state index contributed by atoms with van der Waals surface area (Å²) < 4.78 is 16.7. The van der Waals surface area contributed by atoms with E-state index in [-0.39, 0.29) is 42.4 Å². The fourth-order valence-electron chi connectivity index (χ4n) is 4.32. The summed E-state index contributed by atoms with van der Waals surface area (Å²) in [5.74, 6) is 0.0718. The number of nitrogens with one attached hydrogen (secondary N) is 1. The summed E-state index contributed by atoms with van der Waals surface area (Å²) in [6.07, 6.45) is 6.09. The second kappa shape index (κ2) is 12.5. The molecule has 1 aliphatic carbocycles. The summed E-state index contributed by atoms with van der Waals surface area (Å²) >= 11 is 0. The Hall–Kier alpha value is -2.28. The van der Waals surface area contributed by atoms with Gasteiger partial charge in [0.1, 0.15) is 12.2 Å². The predicted molar refractivity (Wildman–Crippen MR) is 118 cm³/mol. The Morgan fingerprint density at radius 3 is 2.65 bits per heavy atom. The first-order valence-electron chi connectivity index (χ1n) is 11.3. The monoisotopic (exact) mass is 435 g/mol. The minimum absolute atomic E-state index is 0.104. The highest BCUT2D eigenvalue weighted by molar-refractivity contribution is 5.71. The van der Waals surface area contributed by atoms with Gasteiger partial charge in [0.2, 0.25) is 0 Å². The first-order chi connectivity index (χ1) is 14.9. The number of phenolic OH excluding ortho intramolecular Hbond substituents is 1. The molecule has 3 unspecified atom stereocenters. The van der Waals surface area contributed by atoms with Gasteiger partial charge in [-0.2, -0.15) is 0 Å². The number of phenols is 1. The van der Waals surface area contributed by atoms with Crippen molar-refractivity contribution in [1.82, 2.24) is 5.32 Å². The third-order valence-electron chi connectivity index (χ3n) is 5.85. The fraction of sp³-hybridized carbons (Fsp3) is 0.667. The maximum absolute atomic E-state index is 12.3. The van der Waals surface area contributed by atoms with Crippen molar-refractivity contribution in [3.63, 3.8) is 0 Å². The molecule has 2 rings (SSSR count). The lowest BCUT2D eigenvalue weighted by Crippen LogP contribution is -2.37. The molecule has 2 N–H and O–H groups in total. The number of ether oxygens (including phenoxy) is 3. The quantitative estimate of drug-likeness (QED) is 0.383. The number of hydrogen-bond acceptors (Lipinski definition) is 7. The Bertz CT molecular complexity index is 735. The fourth-order valence-corrected chi connectivity index (χ4v) is 4.32. The highest BCUT2D eigenvalue weighted by Crippen LogP contribution is 2.37. The van der Waals surface area contributed by atoms with Gasteiger partial charge in [0, 0.05) is 19.3 Å². The molecular weight excluding hydrogens is 398 g/mol. The van der Waals surface area contributed by atoms with Crippen molar-refractivity contribution < 1.29 is 28.9 Å². The SMILES string of the molecule is CCCCCC(CC(OC(=O)CNC)C1CCc2cc(O)c(OC)cc2C1)OC(C)=O. The number of likely N-dealkylation sites (N-methyl/N-ethyl adjacent to an activating group) is 1. The van der Waals surface area contributed by atoms with Crippen molar-refractivity contribution in [2.75, 3.05) is 20.7 Å². The highest BCUT2D eigenvalue weighted by atomic mass is 16.6. The van der Waals surface area contributed by atoms with Gasteiger partial charge in [0.15, 0.2) is 11.5 Å². The molecule has 0 saturated carbocycles. The van der Waals surface area contributed by atoms with E-state index in [2.05, 4.69) is 12.2 Å². The van der Waals surface area contributed by atoms with Gasteiger partial charge in [-0.15, -0.1) is 0 Å². The number of rotatable bonds is 12. The molecule has 7 nitrogen and oxygen atoms in total. The molecule has 174 valence electrons. The van der Waals surface area contributed by atoms with E-state index >= 15 is 0 Å². The van der Waals surface area contributed by atoms with Gasteiger partial charge < -0.3 is 24.6 Å². The minimum atomic E-state index is -0.347. The largest absolute Gasteiger partial charge is 0.504 e. The third kappa shape index (κ3) is 7.73. The summed E-state index contributed by atoms with van der Waals surface area (Å²) in [6.45, 7) is 3.69. The van der Waals surface area contributed by atoms with Gasteiger partial charge in [-0.1, -0.05) is 19.8 Å². The number of fused-ring (bicyclic) bond motifs is 1. The summed E-state index contributed by atoms with van der Waals surface area (Å²) in [5, 5.41) is 12.9. The zero-order valence-corrected chi connectivity index (χ0v) is 19.2. The summed E-state index contributed by atoms with van der Waals surface area (Å²) in [7, 11) is 3.24. The molecule has 0 heterocycles. The van der Waals surface area contributed by atoms with Crippen molar-refractivity contribution in [3.05, 3.63) is 23.3 Å². The highest BCUT2D eigenvalue weighted by Gasteiger charge is 2.32. The molecule has 0 saturated heterocycles. The molecule has 0 radical (unpaired) electrons. The Morgan fingerprint density at radius 1 is 1.23 bits per heavy atom. The Kier molecular flexibility index (Phi) is 10.1. The number of aryl methyl sites for hydroxylation is 1. The lowest BCUT2D eigenvalue weighted by molar-refractivity contribution is -0.157. The second-order valence-corrected chi connectivity index (χ2v) is 8.32. The molecule has 0 amide bonds. The number of aromatic hydroxyl groups is 1. The van der Waals surface area contributed by atoms with E-state index in [4.69, 9.17) is 14.2 Å². The van der Waals surface area contributed by atoms with E-state index in [0.29, 0.717) is 18.6 Å². The van der Waals surface area contributed by atoms with Crippen molar-refractivity contribution in [2.24, 2.45) is 5.92 Å². The third-order valence-corrected chi connectivity index (χ3v) is 5.85. The zero-order valence-electron chi connectivity index (χ0n) is 19.2. The molecule has 0 aromatic heterocycles. The number of benzene rings is 1. The van der Waals surface area contributed by atoms with Crippen LogP contribution in [0.4, 0.5) is 0 Å². The maximum atomic E-state index is 12.3. The number of methoxy groups -OCH3 is 1. The average Bonchev–Trinajstić information content (AvgIpc) is 2.72. The average molecular weight is 436 g/mol. The van der Waals surface area contributed by atoms with Crippen molar-refractivity contribution in [2.45, 2.75) is 77.4 Å². The summed E-state index contributed by atoms with van der Waals surface area (Å²) in [6, 6.07) is 3.63. The molecule has 0 fully saturated rings. The molecule has 0 bridgehead atoms. The van der Waals surface area contributed by atoms with Crippen LogP contribution in [0.3, 0.4) is 0 Å². The molecule has 0 aliphatic heterocycles. The number of esters is 2. The molecule has 31 heavy (non-hydrogen) atoms. The van der Waals surface area contributed by atoms with Crippen molar-refractivity contribution >= 4 is 11.9 Å². The van der Waals surface area contributed by atoms with E-state index < -0.39 is 0 Å². The summed E-state index contributed by atoms with van der Waals surface area (Å²) in [4.78, 5) is 24.0. The first-order valence-corrected chi connectivity index (χ1v) is 11.3. The number of carbonyl (C=O) groups excluding carboxylic acids is 2. The lowest BCUT2D eigenvalue weighted by atomic mass is 9.79. The van der Waals surface area contributed by atoms with Crippen LogP contribution >= 0.6 is 0 Å². The second-order valence-electron chi connectivity index (χ2n) is 8.32. The van der Waals surface area contributed by atoms with Crippen LogP contribution in [0.25, 0.3) is 0 Å². The first kappa shape index (κ1) is 25.0. The molecule has 3 atom stereocenters. The van der Waals surface area contributed by atoms with Gasteiger partial charge in [-0.25, -0.2) is 0 Å². The molecule has 0 spiro atoms. The smallest absolute Gasteiger partial charge is 0.320 e. The van der Waals surface area contributed by atoms with E-state index in [1.807, 2.05) is 6.07 Å². The molecule has 1 aromatic carbocycles. The topological polar surface area (TPSA) is 94.1 Å². The van der Waals surface area contributed by atoms with Gasteiger partial charge in [-0.3, -0.25) is 9.59 Å². The van der Waals surface area contributed by atoms with Gasteiger partial charge >= 0.3 is 11.9 Å². The van der Waals surface area contributed by atoms with Gasteiger partial charge in [-0.05, 0) is 62.4 Å². The number of carbonyl (C=O) groups is 2. The van der Waals surface area contributed by atoms with Crippen molar-refractivity contribution in [1.29, 1.82) is 0 Å². The van der Waals surface area contributed by atoms with Crippen molar-refractivity contribution in [3.8, 4) is 11.5 Å². The predicted octanol–water partition coefficient (Wildman–Crippen LogP) is 3.54. The summed E-state index contributed by atoms with van der Waals surface area (Å²) in [5.41, 5.74) is 2.19. The number of unbranched alkanes of at least 4 members (excludes halogenated alkanes) is 2. The molecular formula is C24H37NO6. The van der Waals surface area contributed by atoms with E-state index in [9.17, 15) is 14.7 Å². The molecule has 1 aromatic rings. The Balaban J connectivity index is 2.19. The molecule has 7 heteroatoms. The van der Waals surface area contributed by atoms with Crippen LogP contribution in [-0.4, -0.2) is 50.0 Å². The van der Waals surface area contributed by atoms with E-state index in [0.717, 1.165) is 49.7 Å². The van der Waals surface area contributed by atoms with E-state index in [1.54, 1.807) is 13.1 Å². The standard InChI is InChI=1S/C24H37NO6/c1-5-6-7-8-20(30-16(2)26)14-22(31-24(28)15-25-3)18-10-9-17-12-21(27)23(29-4)13-19(17)11-18/h12-13,18,20,22,25,27H,5-11,14-15H2,1-4H3. The minimum Gasteiger partial charge on any atom is -0.504 e. The van der Waals surface area contributed by atoms with Crippen LogP contribution < -0.4 is 10.1 Å². The van der Waals surface area contributed by atoms with E-state index in [1.165, 1.54) is 14.0 Å². The Morgan fingerprint density at radius 2 is 2.00 bits per heavy atom. The Labute approximate surface area is 185 Å². The van der Waals surface area contributed by atoms with Crippen LogP contribution in [-0.2, 0) is 31.9 Å². The van der Waals surface area contributed by atoms with Gasteiger partial charge in [0.05, 0.1) is 13.7 Å². The van der Waals surface area contributed by atoms with Crippen LogP contribution in [0.5, 0.6) is 11.5 Å². The number of hydrogen-bond donors (Lipinski definition) is 2. The maximum Gasteiger partial charge on any atom is 0.320 e. The zero-order chi connectivity index (χ0) is 22.8. The van der Waals surface area contributed by atoms with Crippen LogP contribution in [0.1, 0.15) is 63.5 Å².